The van der Waals surface area contributed by atoms with Gasteiger partial charge in [0.15, 0.2) is 0 Å². The molecule has 3 unspecified atom stereocenters. The van der Waals surface area contributed by atoms with Crippen LogP contribution in [-0.4, -0.2) is 63.8 Å². The normalized spacial score (nSPS) is 32.2. The number of likely N-dealkylation sites (tertiary alicyclic amines) is 2. The number of hydrogen-bond donors (Lipinski definition) is 0. The Bertz CT molecular complexity index is 544. The van der Waals surface area contributed by atoms with Gasteiger partial charge >= 0.3 is 0 Å². The summed E-state index contributed by atoms with van der Waals surface area (Å²) >= 11 is 0. The lowest BCUT2D eigenvalue weighted by Crippen LogP contribution is -2.45. The molecule has 134 valence electrons. The van der Waals surface area contributed by atoms with Crippen molar-refractivity contribution in [2.45, 2.75) is 58.4 Å². The molecule has 3 atom stereocenters. The van der Waals surface area contributed by atoms with Gasteiger partial charge in [0.1, 0.15) is 11.6 Å². The van der Waals surface area contributed by atoms with Gasteiger partial charge in [-0.05, 0) is 44.1 Å². The number of rotatable bonds is 4. The Morgan fingerprint density at radius 1 is 0.917 bits per heavy atom. The molecule has 3 aliphatic heterocycles. The van der Waals surface area contributed by atoms with Crippen LogP contribution in [0.5, 0.6) is 0 Å². The van der Waals surface area contributed by atoms with Crippen molar-refractivity contribution in [3.63, 3.8) is 0 Å². The van der Waals surface area contributed by atoms with Crippen molar-refractivity contribution in [3.05, 3.63) is 11.6 Å². The molecule has 5 heteroatoms. The molecule has 0 saturated carbocycles. The minimum atomic E-state index is 0.595. The maximum Gasteiger partial charge on any atom is 0.137 e. The third-order valence-corrected chi connectivity index (χ3v) is 6.19. The van der Waals surface area contributed by atoms with Crippen molar-refractivity contribution in [2.24, 2.45) is 11.8 Å². The molecule has 0 aromatic carbocycles. The highest BCUT2D eigenvalue weighted by Gasteiger charge is 2.29. The summed E-state index contributed by atoms with van der Waals surface area (Å²) in [5.41, 5.74) is 0. The summed E-state index contributed by atoms with van der Waals surface area (Å²) in [4.78, 5) is 5.37. The highest BCUT2D eigenvalue weighted by Crippen LogP contribution is 2.28. The lowest BCUT2D eigenvalue weighted by Gasteiger charge is -2.38. The first-order valence-electron chi connectivity index (χ1n) is 10.1. The van der Waals surface area contributed by atoms with Crippen LogP contribution in [0.15, 0.2) is 0 Å². The molecular weight excluding hydrogens is 298 g/mol. The predicted molar refractivity (Wildman–Crippen MR) is 96.1 cm³/mol. The van der Waals surface area contributed by atoms with Crippen molar-refractivity contribution < 1.29 is 0 Å². The lowest BCUT2D eigenvalue weighted by atomic mass is 9.92. The van der Waals surface area contributed by atoms with E-state index in [2.05, 4.69) is 38.4 Å². The van der Waals surface area contributed by atoms with Crippen molar-refractivity contribution in [2.75, 3.05) is 39.3 Å². The van der Waals surface area contributed by atoms with Gasteiger partial charge in [-0.3, -0.25) is 0 Å². The molecule has 0 spiro atoms. The Kier molecular flexibility index (Phi) is 4.90. The van der Waals surface area contributed by atoms with E-state index in [-0.39, 0.29) is 0 Å². The zero-order valence-electron chi connectivity index (χ0n) is 15.5. The molecular formula is C19H33N5. The van der Waals surface area contributed by atoms with Crippen LogP contribution < -0.4 is 0 Å². The summed E-state index contributed by atoms with van der Waals surface area (Å²) < 4.78 is 2.40. The minimum absolute atomic E-state index is 0.595. The second-order valence-electron chi connectivity index (χ2n) is 8.57. The van der Waals surface area contributed by atoms with Gasteiger partial charge in [-0.2, -0.15) is 0 Å². The number of piperidine rings is 2. The van der Waals surface area contributed by atoms with Crippen LogP contribution in [0.1, 0.15) is 57.1 Å². The SMILES string of the molecule is CC1CC(C)CN(CCN2CCCC(c3nnc4n3CCC4)C2)C1. The number of nitrogens with zero attached hydrogens (tertiary/aromatic N) is 5. The van der Waals surface area contributed by atoms with Gasteiger partial charge in [0.25, 0.3) is 0 Å². The summed E-state index contributed by atoms with van der Waals surface area (Å²) in [6, 6.07) is 0. The largest absolute Gasteiger partial charge is 0.315 e. The number of hydrogen-bond acceptors (Lipinski definition) is 4. The Hall–Kier alpha value is -0.940. The highest BCUT2D eigenvalue weighted by molar-refractivity contribution is 5.07. The quantitative estimate of drug-likeness (QED) is 0.849. The van der Waals surface area contributed by atoms with E-state index < -0.39 is 0 Å². The van der Waals surface area contributed by atoms with Gasteiger partial charge in [0, 0.05) is 51.6 Å². The maximum absolute atomic E-state index is 4.54. The van der Waals surface area contributed by atoms with Crippen molar-refractivity contribution in [1.82, 2.24) is 24.6 Å². The van der Waals surface area contributed by atoms with E-state index in [1.165, 1.54) is 76.6 Å². The molecule has 0 aliphatic carbocycles. The van der Waals surface area contributed by atoms with Crippen LogP contribution in [0.3, 0.4) is 0 Å². The highest BCUT2D eigenvalue weighted by atomic mass is 15.3. The Morgan fingerprint density at radius 3 is 2.54 bits per heavy atom. The van der Waals surface area contributed by atoms with E-state index in [0.29, 0.717) is 5.92 Å². The van der Waals surface area contributed by atoms with Crippen molar-refractivity contribution in [3.8, 4) is 0 Å². The number of aryl methyl sites for hydroxylation is 1. The Labute approximate surface area is 146 Å². The smallest absolute Gasteiger partial charge is 0.137 e. The molecule has 1 aromatic heterocycles. The van der Waals surface area contributed by atoms with E-state index in [0.717, 1.165) is 24.8 Å². The molecule has 4 heterocycles. The Morgan fingerprint density at radius 2 is 1.71 bits per heavy atom. The molecule has 0 N–H and O–H groups in total. The van der Waals surface area contributed by atoms with Gasteiger partial charge in [0.05, 0.1) is 0 Å². The van der Waals surface area contributed by atoms with Crippen LogP contribution in [0, 0.1) is 11.8 Å². The average Bonchev–Trinajstić information content (AvgIpc) is 3.15. The van der Waals surface area contributed by atoms with Gasteiger partial charge < -0.3 is 14.4 Å². The second kappa shape index (κ2) is 7.12. The summed E-state index contributed by atoms with van der Waals surface area (Å²) in [5.74, 6) is 4.81. The van der Waals surface area contributed by atoms with Crippen molar-refractivity contribution >= 4 is 0 Å². The van der Waals surface area contributed by atoms with Gasteiger partial charge in [-0.1, -0.05) is 13.8 Å². The summed E-state index contributed by atoms with van der Waals surface area (Å²) in [5, 5.41) is 8.96. The molecule has 2 saturated heterocycles. The first-order valence-corrected chi connectivity index (χ1v) is 10.1. The number of aromatic nitrogens is 3. The summed E-state index contributed by atoms with van der Waals surface area (Å²) in [7, 11) is 0. The molecule has 4 rings (SSSR count). The predicted octanol–water partition coefficient (Wildman–Crippen LogP) is 2.38. The maximum atomic E-state index is 4.54. The third kappa shape index (κ3) is 3.52. The van der Waals surface area contributed by atoms with E-state index >= 15 is 0 Å². The van der Waals surface area contributed by atoms with Gasteiger partial charge in [-0.25, -0.2) is 0 Å². The fourth-order valence-electron chi connectivity index (χ4n) is 5.20. The Balaban J connectivity index is 1.32. The molecule has 1 aromatic rings. The van der Waals surface area contributed by atoms with Crippen LogP contribution in [0.25, 0.3) is 0 Å². The molecule has 5 nitrogen and oxygen atoms in total. The monoisotopic (exact) mass is 331 g/mol. The van der Waals surface area contributed by atoms with Crippen LogP contribution in [-0.2, 0) is 13.0 Å². The molecule has 24 heavy (non-hydrogen) atoms. The lowest BCUT2D eigenvalue weighted by molar-refractivity contribution is 0.112. The zero-order chi connectivity index (χ0) is 16.5. The zero-order valence-corrected chi connectivity index (χ0v) is 15.5. The molecule has 0 radical (unpaired) electrons. The van der Waals surface area contributed by atoms with E-state index in [1.807, 2.05) is 0 Å². The summed E-state index contributed by atoms with van der Waals surface area (Å²) in [6.45, 7) is 13.4. The second-order valence-corrected chi connectivity index (χ2v) is 8.57. The average molecular weight is 332 g/mol. The third-order valence-electron chi connectivity index (χ3n) is 6.19. The van der Waals surface area contributed by atoms with Crippen LogP contribution in [0.2, 0.25) is 0 Å². The van der Waals surface area contributed by atoms with E-state index in [9.17, 15) is 0 Å². The van der Waals surface area contributed by atoms with E-state index in [1.54, 1.807) is 0 Å². The van der Waals surface area contributed by atoms with Gasteiger partial charge in [-0.15, -0.1) is 10.2 Å². The fraction of sp³-hybridized carbons (Fsp3) is 0.895. The van der Waals surface area contributed by atoms with Crippen molar-refractivity contribution in [1.29, 1.82) is 0 Å². The molecule has 0 amide bonds. The summed E-state index contributed by atoms with van der Waals surface area (Å²) in [6.07, 6.45) is 6.36. The van der Waals surface area contributed by atoms with E-state index in [4.69, 9.17) is 0 Å². The standard InChI is InChI=1S/C19H33N5/c1-15-11-16(2)13-23(12-15)10-9-22-7-3-5-17(14-22)19-21-20-18-6-4-8-24(18)19/h15-17H,3-14H2,1-2H3. The topological polar surface area (TPSA) is 37.2 Å². The van der Waals surface area contributed by atoms with Gasteiger partial charge in [0.2, 0.25) is 0 Å². The number of fused-ring (bicyclic) bond motifs is 1. The first kappa shape index (κ1) is 16.5. The molecule has 2 fully saturated rings. The van der Waals surface area contributed by atoms with Crippen LogP contribution >= 0.6 is 0 Å². The molecule has 0 bridgehead atoms. The van der Waals surface area contributed by atoms with Crippen LogP contribution in [0.4, 0.5) is 0 Å². The minimum Gasteiger partial charge on any atom is -0.315 e. The molecule has 3 aliphatic rings. The first-order chi connectivity index (χ1) is 11.7. The fourth-order valence-corrected chi connectivity index (χ4v) is 5.20.